The second-order valence-corrected chi connectivity index (χ2v) is 4.60. The molecule has 0 bridgehead atoms. The van der Waals surface area contributed by atoms with Gasteiger partial charge in [-0.15, -0.1) is 0 Å². The fourth-order valence-electron chi connectivity index (χ4n) is 1.93. The van der Waals surface area contributed by atoms with Gasteiger partial charge in [0.15, 0.2) is 6.10 Å². The van der Waals surface area contributed by atoms with Crippen molar-refractivity contribution in [3.63, 3.8) is 0 Å². The summed E-state index contributed by atoms with van der Waals surface area (Å²) in [5.41, 5.74) is 0. The molecule has 124 valence electrons. The van der Waals surface area contributed by atoms with E-state index in [0.29, 0.717) is 0 Å². The standard InChI is InChI=1S/C13H18O9/c1-6(14)18-5-10-11(19-7(2)15)12(20-8(3)16)13(22-10)21-9(4)17/h10-13H,5H2,1-4H3/t10-,11+,12-,13?/m1/s1. The van der Waals surface area contributed by atoms with Crippen LogP contribution in [0.2, 0.25) is 0 Å². The second-order valence-electron chi connectivity index (χ2n) is 4.60. The molecule has 1 aliphatic heterocycles. The first-order chi connectivity index (χ1) is 10.2. The Morgan fingerprint density at radius 3 is 1.73 bits per heavy atom. The third-order valence-electron chi connectivity index (χ3n) is 2.60. The van der Waals surface area contributed by atoms with Gasteiger partial charge in [-0.05, 0) is 0 Å². The van der Waals surface area contributed by atoms with Crippen LogP contribution in [0.1, 0.15) is 27.7 Å². The van der Waals surface area contributed by atoms with Crippen molar-refractivity contribution in [3.8, 4) is 0 Å². The Kier molecular flexibility index (Phi) is 6.29. The fourth-order valence-corrected chi connectivity index (χ4v) is 1.93. The smallest absolute Gasteiger partial charge is 0.305 e. The summed E-state index contributed by atoms with van der Waals surface area (Å²) in [6.45, 7) is 4.40. The maximum absolute atomic E-state index is 11.2. The molecule has 9 nitrogen and oxygen atoms in total. The number of carbonyl (C=O) groups is 4. The number of hydrogen-bond acceptors (Lipinski definition) is 9. The zero-order valence-corrected chi connectivity index (χ0v) is 12.7. The van der Waals surface area contributed by atoms with Gasteiger partial charge in [-0.1, -0.05) is 0 Å². The molecule has 0 spiro atoms. The summed E-state index contributed by atoms with van der Waals surface area (Å²) in [6.07, 6.45) is -4.40. The van der Waals surface area contributed by atoms with Gasteiger partial charge in [-0.3, -0.25) is 19.2 Å². The van der Waals surface area contributed by atoms with Gasteiger partial charge < -0.3 is 23.7 Å². The SMILES string of the molecule is CC(=O)OC[C@H]1OC(OC(C)=O)[C@H](OC(C)=O)[C@H]1OC(C)=O. The van der Waals surface area contributed by atoms with Gasteiger partial charge in [0.05, 0.1) is 0 Å². The first kappa shape index (κ1) is 17.9. The molecule has 1 fully saturated rings. The monoisotopic (exact) mass is 318 g/mol. The molecule has 0 N–H and O–H groups in total. The Balaban J connectivity index is 2.94. The zero-order valence-electron chi connectivity index (χ0n) is 12.7. The number of rotatable bonds is 5. The maximum atomic E-state index is 11.2. The van der Waals surface area contributed by atoms with Gasteiger partial charge in [-0.25, -0.2) is 0 Å². The largest absolute Gasteiger partial charge is 0.463 e. The Hall–Kier alpha value is -2.16. The van der Waals surface area contributed by atoms with Crippen LogP contribution in [-0.4, -0.2) is 55.1 Å². The lowest BCUT2D eigenvalue weighted by Gasteiger charge is -2.22. The van der Waals surface area contributed by atoms with Gasteiger partial charge >= 0.3 is 23.9 Å². The highest BCUT2D eigenvalue weighted by molar-refractivity contribution is 5.68. The lowest BCUT2D eigenvalue weighted by Crippen LogP contribution is -2.42. The van der Waals surface area contributed by atoms with Crippen LogP contribution in [0.25, 0.3) is 0 Å². The van der Waals surface area contributed by atoms with Crippen molar-refractivity contribution in [2.45, 2.75) is 52.3 Å². The summed E-state index contributed by atoms with van der Waals surface area (Å²) < 4.78 is 25.2. The van der Waals surface area contributed by atoms with E-state index in [0.717, 1.165) is 20.8 Å². The van der Waals surface area contributed by atoms with E-state index < -0.39 is 48.5 Å². The van der Waals surface area contributed by atoms with Crippen LogP contribution in [0.5, 0.6) is 0 Å². The molecular weight excluding hydrogens is 300 g/mol. The van der Waals surface area contributed by atoms with Crippen LogP contribution in [0.4, 0.5) is 0 Å². The van der Waals surface area contributed by atoms with E-state index in [-0.39, 0.29) is 6.61 Å². The van der Waals surface area contributed by atoms with Gasteiger partial charge in [0, 0.05) is 27.7 Å². The molecule has 1 unspecified atom stereocenters. The minimum absolute atomic E-state index is 0.247. The van der Waals surface area contributed by atoms with E-state index in [9.17, 15) is 19.2 Å². The van der Waals surface area contributed by atoms with Crippen molar-refractivity contribution in [2.24, 2.45) is 0 Å². The average Bonchev–Trinajstić information content (AvgIpc) is 2.63. The molecule has 0 aliphatic carbocycles. The minimum Gasteiger partial charge on any atom is -0.463 e. The number of ether oxygens (including phenoxy) is 5. The average molecular weight is 318 g/mol. The van der Waals surface area contributed by atoms with Crippen molar-refractivity contribution < 1.29 is 42.9 Å². The Morgan fingerprint density at radius 1 is 0.773 bits per heavy atom. The van der Waals surface area contributed by atoms with Crippen molar-refractivity contribution in [2.75, 3.05) is 6.61 Å². The Bertz CT molecular complexity index is 458. The lowest BCUT2D eigenvalue weighted by atomic mass is 10.1. The van der Waals surface area contributed by atoms with Crippen LogP contribution in [0.15, 0.2) is 0 Å². The van der Waals surface area contributed by atoms with Gasteiger partial charge in [0.25, 0.3) is 0 Å². The first-order valence-corrected chi connectivity index (χ1v) is 6.51. The minimum atomic E-state index is -1.26. The van der Waals surface area contributed by atoms with Crippen molar-refractivity contribution in [1.29, 1.82) is 0 Å². The molecule has 1 saturated heterocycles. The van der Waals surface area contributed by atoms with E-state index in [1.54, 1.807) is 0 Å². The third kappa shape index (κ3) is 5.32. The maximum Gasteiger partial charge on any atom is 0.305 e. The van der Waals surface area contributed by atoms with Crippen LogP contribution in [0, 0.1) is 0 Å². The Labute approximate surface area is 126 Å². The molecule has 1 rings (SSSR count). The molecule has 0 radical (unpaired) electrons. The molecular formula is C13H18O9. The second kappa shape index (κ2) is 7.74. The first-order valence-electron chi connectivity index (χ1n) is 6.51. The Morgan fingerprint density at radius 2 is 1.27 bits per heavy atom. The highest BCUT2D eigenvalue weighted by atomic mass is 16.8. The summed E-state index contributed by atoms with van der Waals surface area (Å²) >= 11 is 0. The van der Waals surface area contributed by atoms with Crippen LogP contribution >= 0.6 is 0 Å². The lowest BCUT2D eigenvalue weighted by molar-refractivity contribution is -0.197. The van der Waals surface area contributed by atoms with E-state index >= 15 is 0 Å². The molecule has 0 amide bonds. The molecule has 1 heterocycles. The molecule has 1 aliphatic rings. The van der Waals surface area contributed by atoms with Crippen molar-refractivity contribution in [1.82, 2.24) is 0 Å². The highest BCUT2D eigenvalue weighted by Crippen LogP contribution is 2.28. The van der Waals surface area contributed by atoms with Crippen molar-refractivity contribution in [3.05, 3.63) is 0 Å². The summed E-state index contributed by atoms with van der Waals surface area (Å²) in [7, 11) is 0. The molecule has 4 atom stereocenters. The zero-order chi connectivity index (χ0) is 16.9. The molecule has 9 heteroatoms. The molecule has 0 aromatic carbocycles. The number of hydrogen-bond donors (Lipinski definition) is 0. The molecule has 0 aromatic rings. The summed E-state index contributed by atoms with van der Waals surface area (Å²) in [5, 5.41) is 0. The number of esters is 4. The molecule has 0 saturated carbocycles. The van der Waals surface area contributed by atoms with E-state index in [2.05, 4.69) is 0 Å². The van der Waals surface area contributed by atoms with E-state index in [1.165, 1.54) is 6.92 Å². The quantitative estimate of drug-likeness (QED) is 0.497. The van der Waals surface area contributed by atoms with Gasteiger partial charge in [0.2, 0.25) is 12.4 Å². The van der Waals surface area contributed by atoms with E-state index in [1.807, 2.05) is 0 Å². The normalized spacial score (nSPS) is 26.9. The predicted molar refractivity (Wildman–Crippen MR) is 68.2 cm³/mol. The van der Waals surface area contributed by atoms with Crippen molar-refractivity contribution >= 4 is 23.9 Å². The third-order valence-corrected chi connectivity index (χ3v) is 2.60. The summed E-state index contributed by atoms with van der Waals surface area (Å²) in [5.74, 6) is -2.56. The van der Waals surface area contributed by atoms with E-state index in [4.69, 9.17) is 23.7 Å². The molecule has 0 aromatic heterocycles. The predicted octanol–water partition coefficient (Wildman–Crippen LogP) is -0.299. The molecule has 22 heavy (non-hydrogen) atoms. The highest BCUT2D eigenvalue weighted by Gasteiger charge is 2.51. The fraction of sp³-hybridized carbons (Fsp3) is 0.692. The van der Waals surface area contributed by atoms with Gasteiger partial charge in [-0.2, -0.15) is 0 Å². The van der Waals surface area contributed by atoms with Crippen LogP contribution in [0.3, 0.4) is 0 Å². The summed E-state index contributed by atoms with van der Waals surface area (Å²) in [4.78, 5) is 44.4. The van der Waals surface area contributed by atoms with Crippen LogP contribution in [-0.2, 0) is 42.9 Å². The summed E-state index contributed by atoms with van der Waals surface area (Å²) in [6, 6.07) is 0. The van der Waals surface area contributed by atoms with Crippen LogP contribution < -0.4 is 0 Å². The number of carbonyl (C=O) groups excluding carboxylic acids is 4. The topological polar surface area (TPSA) is 114 Å². The van der Waals surface area contributed by atoms with Gasteiger partial charge in [0.1, 0.15) is 12.7 Å².